The van der Waals surface area contributed by atoms with Crippen LogP contribution in [0.2, 0.25) is 0 Å². The van der Waals surface area contributed by atoms with E-state index in [-0.39, 0.29) is 38.5 Å². The molecular formula is C6H8FY+2. The Morgan fingerprint density at radius 2 is 2.12 bits per heavy atom. The van der Waals surface area contributed by atoms with Gasteiger partial charge in [-0.15, -0.1) is 0 Å². The molecule has 0 atom stereocenters. The summed E-state index contributed by atoms with van der Waals surface area (Å²) in [6.45, 7) is 6.36. The topological polar surface area (TPSA) is 0 Å². The third-order valence-corrected chi connectivity index (χ3v) is 0.573. The fourth-order valence-electron chi connectivity index (χ4n) is 0.224. The van der Waals surface area contributed by atoms with Gasteiger partial charge in [-0.05, 0) is 6.42 Å². The Morgan fingerprint density at radius 3 is 2.25 bits per heavy atom. The molecular weight excluding hydrogens is 180 g/mol. The molecule has 0 unspecified atom stereocenters. The molecule has 0 aromatic heterocycles. The monoisotopic (exact) mass is 188 g/mol. The molecule has 0 aromatic rings. The maximum Gasteiger partial charge on any atom is 3.00 e. The summed E-state index contributed by atoms with van der Waals surface area (Å²) >= 11 is 0. The number of allylic oxidation sites excluding steroid dienone is 2. The van der Waals surface area contributed by atoms with Crippen molar-refractivity contribution in [1.82, 2.24) is 0 Å². The molecule has 0 aliphatic carbocycles. The van der Waals surface area contributed by atoms with Crippen molar-refractivity contribution >= 4 is 0 Å². The number of hydrogen-bond donors (Lipinski definition) is 0. The molecule has 0 rings (SSSR count). The standard InChI is InChI=1S/C6H8F.Y/c1-3-4-5-6(2)7;/h1-2,4-5H2;/q-1;+3. The Morgan fingerprint density at radius 1 is 1.62 bits per heavy atom. The Kier molecular flexibility index (Phi) is 10.6. The molecule has 0 aliphatic heterocycles. The summed E-state index contributed by atoms with van der Waals surface area (Å²) < 4.78 is 11.6. The van der Waals surface area contributed by atoms with E-state index in [2.05, 4.69) is 19.2 Å². The summed E-state index contributed by atoms with van der Waals surface area (Å²) in [5.41, 5.74) is 0. The van der Waals surface area contributed by atoms with Crippen LogP contribution in [0, 0.1) is 6.08 Å². The molecule has 40 valence electrons. The van der Waals surface area contributed by atoms with Crippen LogP contribution in [-0.2, 0) is 32.7 Å². The first-order valence-corrected chi connectivity index (χ1v) is 2.10. The Hall–Kier alpha value is 0.514. The van der Waals surface area contributed by atoms with Crippen LogP contribution in [0.25, 0.3) is 0 Å². The van der Waals surface area contributed by atoms with Gasteiger partial charge in [0.2, 0.25) is 0 Å². The van der Waals surface area contributed by atoms with Gasteiger partial charge in [0.15, 0.2) is 0 Å². The van der Waals surface area contributed by atoms with Crippen LogP contribution >= 0.6 is 0 Å². The predicted octanol–water partition coefficient (Wildman–Crippen LogP) is 2.24. The van der Waals surface area contributed by atoms with Crippen molar-refractivity contribution in [3.8, 4) is 0 Å². The first-order valence-electron chi connectivity index (χ1n) is 2.10. The molecule has 0 aromatic carbocycles. The van der Waals surface area contributed by atoms with Crippen LogP contribution in [0.3, 0.4) is 0 Å². The van der Waals surface area contributed by atoms with Gasteiger partial charge >= 0.3 is 32.7 Å². The van der Waals surface area contributed by atoms with Gasteiger partial charge in [0.05, 0.1) is 5.83 Å². The van der Waals surface area contributed by atoms with Crippen molar-refractivity contribution in [3.63, 3.8) is 0 Å². The molecule has 0 bridgehead atoms. The minimum Gasteiger partial charge on any atom is -0.504 e. The van der Waals surface area contributed by atoms with E-state index < -0.39 is 0 Å². The van der Waals surface area contributed by atoms with Crippen LogP contribution in [0.1, 0.15) is 12.8 Å². The fourth-order valence-corrected chi connectivity index (χ4v) is 0.224. The molecule has 0 N–H and O–H groups in total. The Bertz CT molecular complexity index is 78.6. The quantitative estimate of drug-likeness (QED) is 0.595. The minimum absolute atomic E-state index is 0. The summed E-state index contributed by atoms with van der Waals surface area (Å²) in [4.78, 5) is 0. The van der Waals surface area contributed by atoms with Crippen molar-refractivity contribution in [3.05, 3.63) is 25.1 Å². The molecule has 0 spiro atoms. The van der Waals surface area contributed by atoms with Gasteiger partial charge in [0, 0.05) is 0 Å². The SMILES string of the molecule is C=[C-]CCC(=C)F.[Y+3]. The minimum atomic E-state index is -0.295. The summed E-state index contributed by atoms with van der Waals surface area (Å²) in [5.74, 6) is -0.295. The molecule has 0 saturated carbocycles. The molecule has 0 radical (unpaired) electrons. The van der Waals surface area contributed by atoms with Crippen molar-refractivity contribution in [2.24, 2.45) is 0 Å². The van der Waals surface area contributed by atoms with Crippen molar-refractivity contribution in [2.45, 2.75) is 12.8 Å². The van der Waals surface area contributed by atoms with Gasteiger partial charge in [-0.1, -0.05) is 6.58 Å². The van der Waals surface area contributed by atoms with E-state index in [0.29, 0.717) is 12.8 Å². The van der Waals surface area contributed by atoms with Crippen molar-refractivity contribution < 1.29 is 37.1 Å². The molecule has 0 amide bonds. The van der Waals surface area contributed by atoms with E-state index in [4.69, 9.17) is 0 Å². The van der Waals surface area contributed by atoms with E-state index in [1.807, 2.05) is 0 Å². The van der Waals surface area contributed by atoms with E-state index in [0.717, 1.165) is 0 Å². The molecule has 0 fully saturated rings. The van der Waals surface area contributed by atoms with Gasteiger partial charge in [0.1, 0.15) is 0 Å². The zero-order valence-electron chi connectivity index (χ0n) is 4.78. The van der Waals surface area contributed by atoms with Crippen molar-refractivity contribution in [1.29, 1.82) is 0 Å². The van der Waals surface area contributed by atoms with Gasteiger partial charge in [0.25, 0.3) is 0 Å². The maximum atomic E-state index is 11.6. The summed E-state index contributed by atoms with van der Waals surface area (Å²) in [6.07, 6.45) is 3.48. The average Bonchev–Trinajstić information content (AvgIpc) is 1.61. The number of rotatable bonds is 3. The number of hydrogen-bond acceptors (Lipinski definition) is 0. The van der Waals surface area contributed by atoms with Crippen LogP contribution < -0.4 is 0 Å². The van der Waals surface area contributed by atoms with E-state index in [9.17, 15) is 4.39 Å². The molecule has 0 heterocycles. The van der Waals surface area contributed by atoms with Crippen LogP contribution in [0.5, 0.6) is 0 Å². The molecule has 8 heavy (non-hydrogen) atoms. The normalized spacial score (nSPS) is 7.12. The molecule has 2 heteroatoms. The third kappa shape index (κ3) is 9.72. The molecule has 0 saturated heterocycles. The zero-order valence-corrected chi connectivity index (χ0v) is 7.62. The van der Waals surface area contributed by atoms with Gasteiger partial charge < -0.3 is 6.08 Å². The number of halogens is 1. The van der Waals surface area contributed by atoms with Gasteiger partial charge in [-0.2, -0.15) is 6.42 Å². The fraction of sp³-hybridized carbons (Fsp3) is 0.333. The van der Waals surface area contributed by atoms with Crippen LogP contribution in [0.15, 0.2) is 19.0 Å². The summed E-state index contributed by atoms with van der Waals surface area (Å²) in [5, 5.41) is 0. The van der Waals surface area contributed by atoms with E-state index >= 15 is 0 Å². The van der Waals surface area contributed by atoms with Crippen LogP contribution in [0.4, 0.5) is 4.39 Å². The first kappa shape index (κ1) is 11.3. The average molecular weight is 188 g/mol. The zero-order chi connectivity index (χ0) is 5.70. The van der Waals surface area contributed by atoms with Gasteiger partial charge in [-0.25, -0.2) is 4.39 Å². The smallest absolute Gasteiger partial charge is 0.504 e. The predicted molar refractivity (Wildman–Crippen MR) is 28.4 cm³/mol. The maximum absolute atomic E-state index is 11.6. The van der Waals surface area contributed by atoms with E-state index in [1.165, 1.54) is 0 Å². The van der Waals surface area contributed by atoms with Crippen molar-refractivity contribution in [2.75, 3.05) is 0 Å². The first-order chi connectivity index (χ1) is 3.27. The Labute approximate surface area is 74.7 Å². The largest absolute Gasteiger partial charge is 3.00 e. The third-order valence-electron chi connectivity index (χ3n) is 0.573. The second kappa shape index (κ2) is 7.51. The Balaban J connectivity index is 0. The van der Waals surface area contributed by atoms with E-state index in [1.54, 1.807) is 0 Å². The molecule has 0 nitrogen and oxygen atoms in total. The van der Waals surface area contributed by atoms with Crippen LogP contribution in [-0.4, -0.2) is 0 Å². The van der Waals surface area contributed by atoms with Gasteiger partial charge in [-0.3, -0.25) is 6.58 Å². The summed E-state index contributed by atoms with van der Waals surface area (Å²) in [6, 6.07) is 0. The second-order valence-electron chi connectivity index (χ2n) is 1.27. The second-order valence-corrected chi connectivity index (χ2v) is 1.27. The molecule has 0 aliphatic rings. The summed E-state index contributed by atoms with van der Waals surface area (Å²) in [7, 11) is 0.